The minimum atomic E-state index is -0.892. The topological polar surface area (TPSA) is 40.5 Å². The zero-order valence-electron chi connectivity index (χ0n) is 9.78. The van der Waals surface area contributed by atoms with Gasteiger partial charge in [-0.05, 0) is 31.2 Å². The molecule has 5 heteroatoms. The van der Waals surface area contributed by atoms with Crippen molar-refractivity contribution in [1.82, 2.24) is 4.90 Å². The highest BCUT2D eigenvalue weighted by Gasteiger charge is 2.19. The first-order valence-electron chi connectivity index (χ1n) is 5.36. The SMILES string of the molecule is CCN(CC(=O)O)C(C)c1ccc(F)cc1Cl. The van der Waals surface area contributed by atoms with Gasteiger partial charge in [-0.15, -0.1) is 0 Å². The van der Waals surface area contributed by atoms with Gasteiger partial charge in [0.2, 0.25) is 0 Å². The van der Waals surface area contributed by atoms with Crippen LogP contribution in [-0.2, 0) is 4.79 Å². The van der Waals surface area contributed by atoms with E-state index in [4.69, 9.17) is 16.7 Å². The fourth-order valence-corrected chi connectivity index (χ4v) is 2.06. The molecule has 0 fully saturated rings. The van der Waals surface area contributed by atoms with Crippen LogP contribution < -0.4 is 0 Å². The van der Waals surface area contributed by atoms with Crippen LogP contribution in [0.15, 0.2) is 18.2 Å². The van der Waals surface area contributed by atoms with Crippen molar-refractivity contribution in [3.05, 3.63) is 34.6 Å². The zero-order chi connectivity index (χ0) is 13.0. The molecule has 1 N–H and O–H groups in total. The van der Waals surface area contributed by atoms with Gasteiger partial charge in [-0.25, -0.2) is 4.39 Å². The third kappa shape index (κ3) is 3.68. The van der Waals surface area contributed by atoms with E-state index in [0.29, 0.717) is 11.6 Å². The molecule has 1 rings (SSSR count). The summed E-state index contributed by atoms with van der Waals surface area (Å²) in [5.41, 5.74) is 0.733. The van der Waals surface area contributed by atoms with Gasteiger partial charge in [0.05, 0.1) is 6.54 Å². The van der Waals surface area contributed by atoms with Crippen LogP contribution in [0.4, 0.5) is 4.39 Å². The van der Waals surface area contributed by atoms with Crippen LogP contribution in [0.3, 0.4) is 0 Å². The summed E-state index contributed by atoms with van der Waals surface area (Å²) < 4.78 is 12.9. The summed E-state index contributed by atoms with van der Waals surface area (Å²) in [6.45, 7) is 4.25. The first-order chi connectivity index (χ1) is 7.95. The van der Waals surface area contributed by atoms with E-state index < -0.39 is 11.8 Å². The van der Waals surface area contributed by atoms with Crippen molar-refractivity contribution < 1.29 is 14.3 Å². The van der Waals surface area contributed by atoms with E-state index in [1.165, 1.54) is 12.1 Å². The van der Waals surface area contributed by atoms with Gasteiger partial charge in [0.15, 0.2) is 0 Å². The van der Waals surface area contributed by atoms with Crippen LogP contribution >= 0.6 is 11.6 Å². The molecule has 0 radical (unpaired) electrons. The predicted molar refractivity (Wildman–Crippen MR) is 64.7 cm³/mol. The maximum Gasteiger partial charge on any atom is 0.317 e. The van der Waals surface area contributed by atoms with E-state index in [1.54, 1.807) is 11.0 Å². The van der Waals surface area contributed by atoms with Crippen molar-refractivity contribution in [3.8, 4) is 0 Å². The smallest absolute Gasteiger partial charge is 0.317 e. The molecule has 1 aromatic rings. The van der Waals surface area contributed by atoms with Crippen molar-refractivity contribution in [1.29, 1.82) is 0 Å². The Balaban J connectivity index is 2.93. The fourth-order valence-electron chi connectivity index (χ4n) is 1.73. The third-order valence-corrected chi connectivity index (χ3v) is 3.03. The number of carbonyl (C=O) groups is 1. The number of hydrogen-bond acceptors (Lipinski definition) is 2. The van der Waals surface area contributed by atoms with Gasteiger partial charge in [-0.2, -0.15) is 0 Å². The average Bonchev–Trinajstić information content (AvgIpc) is 2.24. The van der Waals surface area contributed by atoms with E-state index in [2.05, 4.69) is 0 Å². The Kier molecular flexibility index (Phi) is 4.90. The summed E-state index contributed by atoms with van der Waals surface area (Å²) in [6, 6.07) is 3.99. The molecule has 0 aromatic heterocycles. The third-order valence-electron chi connectivity index (χ3n) is 2.70. The first-order valence-corrected chi connectivity index (χ1v) is 5.74. The van der Waals surface area contributed by atoms with E-state index in [0.717, 1.165) is 5.56 Å². The Morgan fingerprint density at radius 1 is 1.59 bits per heavy atom. The molecule has 0 spiro atoms. The molecule has 0 aliphatic rings. The van der Waals surface area contributed by atoms with E-state index in [-0.39, 0.29) is 12.6 Å². The lowest BCUT2D eigenvalue weighted by Crippen LogP contribution is -2.32. The van der Waals surface area contributed by atoms with Crippen LogP contribution in [-0.4, -0.2) is 29.1 Å². The lowest BCUT2D eigenvalue weighted by Gasteiger charge is -2.27. The summed E-state index contributed by atoms with van der Waals surface area (Å²) in [5, 5.41) is 9.11. The predicted octanol–water partition coefficient (Wildman–Crippen LogP) is 2.95. The maximum absolute atomic E-state index is 12.9. The molecule has 94 valence electrons. The second kappa shape index (κ2) is 5.98. The number of nitrogens with zero attached hydrogens (tertiary/aromatic N) is 1. The minimum absolute atomic E-state index is 0.0641. The standard InChI is InChI=1S/C12H15ClFNO2/c1-3-15(7-12(16)17)8(2)10-5-4-9(14)6-11(10)13/h4-6,8H,3,7H2,1-2H3,(H,16,17). The molecule has 1 unspecified atom stereocenters. The lowest BCUT2D eigenvalue weighted by atomic mass is 10.1. The average molecular weight is 260 g/mol. The van der Waals surface area contributed by atoms with Crippen molar-refractivity contribution >= 4 is 17.6 Å². The number of carboxylic acid groups (broad SMARTS) is 1. The largest absolute Gasteiger partial charge is 0.480 e. The number of benzene rings is 1. The molecule has 0 saturated heterocycles. The number of hydrogen-bond donors (Lipinski definition) is 1. The minimum Gasteiger partial charge on any atom is -0.480 e. The second-order valence-electron chi connectivity index (χ2n) is 3.80. The van der Waals surface area contributed by atoms with Gasteiger partial charge >= 0.3 is 5.97 Å². The number of likely N-dealkylation sites (N-methyl/N-ethyl adjacent to an activating group) is 1. The van der Waals surface area contributed by atoms with E-state index in [9.17, 15) is 9.18 Å². The lowest BCUT2D eigenvalue weighted by molar-refractivity contribution is -0.138. The summed E-state index contributed by atoms with van der Waals surface area (Å²) in [4.78, 5) is 12.5. The van der Waals surface area contributed by atoms with Crippen LogP contribution in [0, 0.1) is 5.82 Å². The van der Waals surface area contributed by atoms with Crippen LogP contribution in [0.1, 0.15) is 25.5 Å². The molecule has 3 nitrogen and oxygen atoms in total. The Bertz CT molecular complexity index is 411. The highest BCUT2D eigenvalue weighted by molar-refractivity contribution is 6.31. The van der Waals surface area contributed by atoms with Gasteiger partial charge in [0.25, 0.3) is 0 Å². The second-order valence-corrected chi connectivity index (χ2v) is 4.21. The van der Waals surface area contributed by atoms with Crippen LogP contribution in [0.5, 0.6) is 0 Å². The first kappa shape index (κ1) is 13.9. The quantitative estimate of drug-likeness (QED) is 0.884. The van der Waals surface area contributed by atoms with Crippen molar-refractivity contribution in [2.45, 2.75) is 19.9 Å². The number of aliphatic carboxylic acids is 1. The van der Waals surface area contributed by atoms with Gasteiger partial charge in [-0.1, -0.05) is 24.6 Å². The Labute approximate surface area is 105 Å². The molecule has 0 bridgehead atoms. The molecule has 0 heterocycles. The Morgan fingerprint density at radius 3 is 2.71 bits per heavy atom. The number of carboxylic acids is 1. The summed E-state index contributed by atoms with van der Waals surface area (Å²) in [6.07, 6.45) is 0. The van der Waals surface area contributed by atoms with Crippen molar-refractivity contribution in [2.75, 3.05) is 13.1 Å². The molecule has 0 aliphatic carbocycles. The van der Waals surface area contributed by atoms with Crippen molar-refractivity contribution in [3.63, 3.8) is 0 Å². The maximum atomic E-state index is 12.9. The monoisotopic (exact) mass is 259 g/mol. The molecule has 1 aromatic carbocycles. The highest BCUT2D eigenvalue weighted by Crippen LogP contribution is 2.27. The summed E-state index contributed by atoms with van der Waals surface area (Å²) in [5.74, 6) is -1.29. The summed E-state index contributed by atoms with van der Waals surface area (Å²) in [7, 11) is 0. The molecular weight excluding hydrogens is 245 g/mol. The van der Waals surface area contributed by atoms with E-state index in [1.807, 2.05) is 13.8 Å². The van der Waals surface area contributed by atoms with Gasteiger partial charge in [-0.3, -0.25) is 9.69 Å². The molecule has 17 heavy (non-hydrogen) atoms. The molecular formula is C12H15ClFNO2. The highest BCUT2D eigenvalue weighted by atomic mass is 35.5. The van der Waals surface area contributed by atoms with E-state index >= 15 is 0 Å². The number of halogens is 2. The Hall–Kier alpha value is -1.13. The molecule has 0 amide bonds. The molecule has 0 saturated carbocycles. The fraction of sp³-hybridized carbons (Fsp3) is 0.417. The van der Waals surface area contributed by atoms with Crippen LogP contribution in [0.25, 0.3) is 0 Å². The van der Waals surface area contributed by atoms with Crippen LogP contribution in [0.2, 0.25) is 5.02 Å². The van der Waals surface area contributed by atoms with Crippen molar-refractivity contribution in [2.24, 2.45) is 0 Å². The normalized spacial score (nSPS) is 12.8. The van der Waals surface area contributed by atoms with Gasteiger partial charge < -0.3 is 5.11 Å². The number of rotatable bonds is 5. The Morgan fingerprint density at radius 2 is 2.24 bits per heavy atom. The summed E-state index contributed by atoms with van der Waals surface area (Å²) >= 11 is 5.95. The molecule has 0 aliphatic heterocycles. The van der Waals surface area contributed by atoms with Gasteiger partial charge in [0, 0.05) is 11.1 Å². The molecule has 1 atom stereocenters. The zero-order valence-corrected chi connectivity index (χ0v) is 10.5. The van der Waals surface area contributed by atoms with Gasteiger partial charge in [0.1, 0.15) is 5.82 Å².